The molecule has 5 heteroatoms. The highest BCUT2D eigenvalue weighted by Gasteiger charge is 2.39. The van der Waals surface area contributed by atoms with Crippen LogP contribution in [0, 0.1) is 0 Å². The van der Waals surface area contributed by atoms with Gasteiger partial charge in [-0.25, -0.2) is 0 Å². The summed E-state index contributed by atoms with van der Waals surface area (Å²) in [6, 6.07) is 17.8. The molecule has 29 heavy (non-hydrogen) atoms. The summed E-state index contributed by atoms with van der Waals surface area (Å²) in [6.45, 7) is 0. The lowest BCUT2D eigenvalue weighted by Gasteiger charge is -2.36. The van der Waals surface area contributed by atoms with Gasteiger partial charge >= 0.3 is 0 Å². The van der Waals surface area contributed by atoms with Gasteiger partial charge in [0, 0.05) is 35.0 Å². The van der Waals surface area contributed by atoms with Gasteiger partial charge < -0.3 is 14.8 Å². The maximum absolute atomic E-state index is 13.6. The number of hydrogen-bond donors (Lipinski definition) is 1. The maximum atomic E-state index is 13.6. The van der Waals surface area contributed by atoms with Crippen LogP contribution in [0.3, 0.4) is 0 Å². The van der Waals surface area contributed by atoms with Gasteiger partial charge in [0.1, 0.15) is 0 Å². The number of aromatic nitrogens is 1. The molecule has 0 radical (unpaired) electrons. The monoisotopic (exact) mass is 451 g/mol. The summed E-state index contributed by atoms with van der Waals surface area (Å²) in [4.78, 5) is 16.1. The standard InChI is InChI=1S/C24H26BrN3O/c1-27-17-11-12-18(27)14-16(13-17)26-24(29)21-19-9-6-10-20(25)23(19)28(2)22(21)15-7-4-3-5-8-15/h3-10,16-18H,11-14H2,1-2H3,(H,26,29). The number of carbonyl (C=O) groups excluding carboxylic acids is 1. The number of fused-ring (bicyclic) bond motifs is 3. The Bertz CT molecular complexity index is 1060. The van der Waals surface area contributed by atoms with Crippen LogP contribution in [0.4, 0.5) is 0 Å². The fourth-order valence-electron chi connectivity index (χ4n) is 5.42. The zero-order valence-electron chi connectivity index (χ0n) is 16.9. The van der Waals surface area contributed by atoms with E-state index in [1.54, 1.807) is 0 Å². The van der Waals surface area contributed by atoms with Crippen molar-refractivity contribution in [2.75, 3.05) is 7.05 Å². The number of halogens is 1. The van der Waals surface area contributed by atoms with E-state index >= 15 is 0 Å². The SMILES string of the molecule is CN1C2CCC1CC(NC(=O)c1c(-c3ccccc3)n(C)c3c(Br)cccc13)C2. The summed E-state index contributed by atoms with van der Waals surface area (Å²) < 4.78 is 3.15. The van der Waals surface area contributed by atoms with Gasteiger partial charge in [-0.05, 0) is 60.3 Å². The fourth-order valence-corrected chi connectivity index (χ4v) is 6.05. The van der Waals surface area contributed by atoms with E-state index in [0.29, 0.717) is 12.1 Å². The van der Waals surface area contributed by atoms with Crippen molar-refractivity contribution >= 4 is 32.7 Å². The third-order valence-corrected chi connectivity index (χ3v) is 7.51. The lowest BCUT2D eigenvalue weighted by atomic mass is 9.97. The molecule has 2 aliphatic heterocycles. The van der Waals surface area contributed by atoms with Crippen molar-refractivity contribution in [1.29, 1.82) is 0 Å². The third-order valence-electron chi connectivity index (χ3n) is 6.87. The van der Waals surface area contributed by atoms with Crippen LogP contribution < -0.4 is 5.32 Å². The topological polar surface area (TPSA) is 37.3 Å². The Morgan fingerprint density at radius 1 is 1.00 bits per heavy atom. The molecule has 2 unspecified atom stereocenters. The minimum Gasteiger partial charge on any atom is -0.349 e. The molecule has 1 amide bonds. The second-order valence-corrected chi connectivity index (χ2v) is 9.33. The van der Waals surface area contributed by atoms with E-state index in [9.17, 15) is 4.79 Å². The number of piperidine rings is 1. The first-order valence-corrected chi connectivity index (χ1v) is 11.2. The molecule has 2 bridgehead atoms. The molecule has 2 fully saturated rings. The van der Waals surface area contributed by atoms with Crippen LogP contribution in [0.1, 0.15) is 36.0 Å². The van der Waals surface area contributed by atoms with E-state index in [0.717, 1.165) is 45.0 Å². The summed E-state index contributed by atoms with van der Waals surface area (Å²) in [7, 11) is 4.28. The molecule has 0 saturated carbocycles. The first-order chi connectivity index (χ1) is 14.0. The van der Waals surface area contributed by atoms with Gasteiger partial charge in [0.05, 0.1) is 16.8 Å². The second kappa shape index (κ2) is 7.29. The van der Waals surface area contributed by atoms with Crippen molar-refractivity contribution in [3.8, 4) is 11.3 Å². The molecule has 1 aromatic heterocycles. The first kappa shape index (κ1) is 18.9. The Morgan fingerprint density at radius 2 is 1.69 bits per heavy atom. The lowest BCUT2D eigenvalue weighted by molar-refractivity contribution is 0.0884. The summed E-state index contributed by atoms with van der Waals surface area (Å²) in [5, 5.41) is 4.39. The summed E-state index contributed by atoms with van der Waals surface area (Å²) in [5.74, 6) is 0.0431. The van der Waals surface area contributed by atoms with Gasteiger partial charge in [-0.1, -0.05) is 42.5 Å². The number of hydrogen-bond acceptors (Lipinski definition) is 2. The number of rotatable bonds is 3. The number of para-hydroxylation sites is 1. The lowest BCUT2D eigenvalue weighted by Crippen LogP contribution is -2.48. The second-order valence-electron chi connectivity index (χ2n) is 8.48. The molecular formula is C24H26BrN3O. The van der Waals surface area contributed by atoms with Crippen molar-refractivity contribution in [3.05, 3.63) is 58.6 Å². The van der Waals surface area contributed by atoms with Crippen LogP contribution in [0.15, 0.2) is 53.0 Å². The normalized spacial score (nSPS) is 24.2. The Morgan fingerprint density at radius 3 is 2.38 bits per heavy atom. The summed E-state index contributed by atoms with van der Waals surface area (Å²) in [5.41, 5.74) is 3.87. The summed E-state index contributed by atoms with van der Waals surface area (Å²) >= 11 is 3.69. The van der Waals surface area contributed by atoms with E-state index in [1.807, 2.05) is 37.4 Å². The van der Waals surface area contributed by atoms with E-state index in [4.69, 9.17) is 0 Å². The maximum Gasteiger partial charge on any atom is 0.254 e. The van der Waals surface area contributed by atoms with Crippen LogP contribution in [-0.4, -0.2) is 40.5 Å². The van der Waals surface area contributed by atoms with Gasteiger partial charge in [0.15, 0.2) is 0 Å². The summed E-state index contributed by atoms with van der Waals surface area (Å²) in [6.07, 6.45) is 4.61. The number of carbonyl (C=O) groups is 1. The molecule has 2 saturated heterocycles. The Balaban J connectivity index is 1.57. The highest BCUT2D eigenvalue weighted by molar-refractivity contribution is 9.10. The average Bonchev–Trinajstić information content (AvgIpc) is 3.11. The van der Waals surface area contributed by atoms with E-state index in [2.05, 4.69) is 56.0 Å². The molecule has 2 atom stereocenters. The predicted octanol–water partition coefficient (Wildman–Crippen LogP) is 4.96. The Hall–Kier alpha value is -2.11. The van der Waals surface area contributed by atoms with Crippen LogP contribution in [0.5, 0.6) is 0 Å². The molecule has 150 valence electrons. The highest BCUT2D eigenvalue weighted by atomic mass is 79.9. The largest absolute Gasteiger partial charge is 0.349 e. The molecule has 1 N–H and O–H groups in total. The average molecular weight is 452 g/mol. The number of amides is 1. The van der Waals surface area contributed by atoms with E-state index < -0.39 is 0 Å². The number of nitrogens with one attached hydrogen (secondary N) is 1. The van der Waals surface area contributed by atoms with Crippen molar-refractivity contribution in [3.63, 3.8) is 0 Å². The van der Waals surface area contributed by atoms with Crippen LogP contribution in [-0.2, 0) is 7.05 Å². The Kier molecular flexibility index (Phi) is 4.75. The molecule has 3 aromatic rings. The first-order valence-electron chi connectivity index (χ1n) is 10.4. The Labute approximate surface area is 180 Å². The minimum absolute atomic E-state index is 0.0431. The van der Waals surface area contributed by atoms with Crippen LogP contribution in [0.2, 0.25) is 0 Å². The van der Waals surface area contributed by atoms with Crippen molar-refractivity contribution in [1.82, 2.24) is 14.8 Å². The van der Waals surface area contributed by atoms with E-state index in [1.165, 1.54) is 12.8 Å². The van der Waals surface area contributed by atoms with Gasteiger partial charge in [0.2, 0.25) is 0 Å². The van der Waals surface area contributed by atoms with Gasteiger partial charge in [-0.3, -0.25) is 4.79 Å². The van der Waals surface area contributed by atoms with Crippen molar-refractivity contribution in [2.24, 2.45) is 7.05 Å². The number of aryl methyl sites for hydroxylation is 1. The zero-order valence-corrected chi connectivity index (χ0v) is 18.4. The van der Waals surface area contributed by atoms with Crippen molar-refractivity contribution < 1.29 is 4.79 Å². The van der Waals surface area contributed by atoms with Crippen molar-refractivity contribution in [2.45, 2.75) is 43.8 Å². The molecular weight excluding hydrogens is 426 g/mol. The third kappa shape index (κ3) is 3.11. The molecule has 5 rings (SSSR count). The number of benzene rings is 2. The minimum atomic E-state index is 0.0431. The highest BCUT2D eigenvalue weighted by Crippen LogP contribution is 2.38. The molecule has 3 heterocycles. The predicted molar refractivity (Wildman–Crippen MR) is 121 cm³/mol. The van der Waals surface area contributed by atoms with E-state index in [-0.39, 0.29) is 11.9 Å². The smallest absolute Gasteiger partial charge is 0.254 e. The van der Waals surface area contributed by atoms with Crippen LogP contribution >= 0.6 is 15.9 Å². The molecule has 2 aliphatic rings. The molecule has 4 nitrogen and oxygen atoms in total. The van der Waals surface area contributed by atoms with Gasteiger partial charge in [-0.15, -0.1) is 0 Å². The molecule has 0 spiro atoms. The molecule has 2 aromatic carbocycles. The number of nitrogens with zero attached hydrogens (tertiary/aromatic N) is 2. The van der Waals surface area contributed by atoms with Gasteiger partial charge in [-0.2, -0.15) is 0 Å². The van der Waals surface area contributed by atoms with Gasteiger partial charge in [0.25, 0.3) is 5.91 Å². The zero-order chi connectivity index (χ0) is 20.1. The van der Waals surface area contributed by atoms with Crippen LogP contribution in [0.25, 0.3) is 22.2 Å². The quantitative estimate of drug-likeness (QED) is 0.610. The molecule has 0 aliphatic carbocycles. The fraction of sp³-hybridized carbons (Fsp3) is 0.375.